The van der Waals surface area contributed by atoms with Crippen molar-refractivity contribution in [2.75, 3.05) is 18.0 Å². The van der Waals surface area contributed by atoms with Gasteiger partial charge in [0.1, 0.15) is 12.4 Å². The molecule has 2 fully saturated rings. The molecule has 1 saturated carbocycles. The summed E-state index contributed by atoms with van der Waals surface area (Å²) in [6, 6.07) is 6.44. The summed E-state index contributed by atoms with van der Waals surface area (Å²) in [4.78, 5) is 39.2. The predicted octanol–water partition coefficient (Wildman–Crippen LogP) is 1.43. The van der Waals surface area contributed by atoms with Crippen LogP contribution in [0.15, 0.2) is 24.3 Å². The first-order chi connectivity index (χ1) is 13.5. The number of imide groups is 1. The molecule has 1 aromatic carbocycles. The van der Waals surface area contributed by atoms with E-state index < -0.39 is 6.03 Å². The van der Waals surface area contributed by atoms with Crippen LogP contribution in [-0.4, -0.2) is 50.6 Å². The summed E-state index contributed by atoms with van der Waals surface area (Å²) in [5.74, 6) is 1.99. The highest BCUT2D eigenvalue weighted by molar-refractivity contribution is 6.12. The molecule has 1 aromatic heterocycles. The quantitative estimate of drug-likeness (QED) is 0.812. The molecule has 3 aliphatic rings. The largest absolute Gasteiger partial charge is 0.329 e. The van der Waals surface area contributed by atoms with Crippen LogP contribution in [0.2, 0.25) is 0 Å². The van der Waals surface area contributed by atoms with Gasteiger partial charge in [0, 0.05) is 23.7 Å². The Bertz CT molecular complexity index is 978. The predicted molar refractivity (Wildman–Crippen MR) is 98.8 cm³/mol. The Balaban J connectivity index is 1.33. The lowest BCUT2D eigenvalue weighted by Crippen LogP contribution is -2.40. The smallest absolute Gasteiger partial charge is 0.329 e. The number of aromatic nitrogens is 3. The third-order valence-corrected chi connectivity index (χ3v) is 5.50. The topological polar surface area (TPSA) is 100 Å². The maximum Gasteiger partial charge on any atom is 0.329 e. The molecule has 1 saturated heterocycles. The van der Waals surface area contributed by atoms with Crippen LogP contribution in [0, 0.1) is 0 Å². The normalized spacial score (nSPS) is 21.7. The highest BCUT2D eigenvalue weighted by Crippen LogP contribution is 2.41. The molecule has 1 N–H and O–H groups in total. The standard InChI is InChI=1S/C19H20N6O3/c1-11-8-23(9-15-21-22-17(25(11)15)12-2-3-12)18(27)13-4-6-14(7-5-13)24-10-16(26)20-19(24)28/h4-7,11-12H,2-3,8-10H2,1H3,(H,20,26,28)/t11-/m0/s1. The molecule has 3 heterocycles. The van der Waals surface area contributed by atoms with E-state index in [1.54, 1.807) is 29.2 Å². The summed E-state index contributed by atoms with van der Waals surface area (Å²) in [7, 11) is 0. The van der Waals surface area contributed by atoms with Gasteiger partial charge in [-0.25, -0.2) is 4.79 Å². The van der Waals surface area contributed by atoms with E-state index in [2.05, 4.69) is 27.0 Å². The monoisotopic (exact) mass is 380 g/mol. The summed E-state index contributed by atoms with van der Waals surface area (Å²) >= 11 is 0. The first-order valence-corrected chi connectivity index (χ1v) is 9.45. The van der Waals surface area contributed by atoms with Gasteiger partial charge in [0.25, 0.3) is 5.91 Å². The molecule has 4 amide bonds. The van der Waals surface area contributed by atoms with Crippen molar-refractivity contribution in [1.29, 1.82) is 0 Å². The van der Waals surface area contributed by atoms with E-state index >= 15 is 0 Å². The molecule has 2 aromatic rings. The summed E-state index contributed by atoms with van der Waals surface area (Å²) in [6.07, 6.45) is 2.33. The highest BCUT2D eigenvalue weighted by Gasteiger charge is 2.35. The fourth-order valence-corrected chi connectivity index (χ4v) is 3.95. The number of urea groups is 1. The van der Waals surface area contributed by atoms with Crippen molar-refractivity contribution in [2.24, 2.45) is 0 Å². The van der Waals surface area contributed by atoms with Crippen LogP contribution in [0.4, 0.5) is 10.5 Å². The molecular weight excluding hydrogens is 360 g/mol. The second-order valence-corrected chi connectivity index (χ2v) is 7.64. The Morgan fingerprint density at radius 2 is 1.86 bits per heavy atom. The number of hydrogen-bond donors (Lipinski definition) is 1. The van der Waals surface area contributed by atoms with E-state index in [0.29, 0.717) is 30.3 Å². The number of amides is 4. The molecule has 0 bridgehead atoms. The molecular formula is C19H20N6O3. The van der Waals surface area contributed by atoms with E-state index in [0.717, 1.165) is 11.6 Å². The van der Waals surface area contributed by atoms with Gasteiger partial charge >= 0.3 is 6.03 Å². The van der Waals surface area contributed by atoms with Crippen LogP contribution in [0.3, 0.4) is 0 Å². The molecule has 9 heteroatoms. The Hall–Kier alpha value is -3.23. The summed E-state index contributed by atoms with van der Waals surface area (Å²) in [6.45, 7) is 3.13. The first-order valence-electron chi connectivity index (χ1n) is 9.45. The van der Waals surface area contributed by atoms with E-state index in [1.807, 2.05) is 0 Å². The van der Waals surface area contributed by atoms with Gasteiger partial charge in [-0.1, -0.05) is 0 Å². The second kappa shape index (κ2) is 6.15. The number of nitrogens with zero attached hydrogens (tertiary/aromatic N) is 5. The SMILES string of the molecule is C[C@H]1CN(C(=O)c2ccc(N3CC(=O)NC3=O)cc2)Cc2nnc(C3CC3)n21. The Morgan fingerprint density at radius 1 is 1.11 bits per heavy atom. The molecule has 2 aliphatic heterocycles. The molecule has 1 aliphatic carbocycles. The maximum atomic E-state index is 13.0. The van der Waals surface area contributed by atoms with E-state index in [4.69, 9.17) is 0 Å². The van der Waals surface area contributed by atoms with Crippen LogP contribution in [0.5, 0.6) is 0 Å². The average molecular weight is 380 g/mol. The minimum Gasteiger partial charge on any atom is -0.329 e. The number of fused-ring (bicyclic) bond motifs is 1. The van der Waals surface area contributed by atoms with E-state index in [1.165, 1.54) is 17.7 Å². The zero-order valence-electron chi connectivity index (χ0n) is 15.5. The molecule has 9 nitrogen and oxygen atoms in total. The first kappa shape index (κ1) is 16.9. The number of rotatable bonds is 3. The van der Waals surface area contributed by atoms with Gasteiger partial charge < -0.3 is 9.47 Å². The zero-order chi connectivity index (χ0) is 19.4. The van der Waals surface area contributed by atoms with E-state index in [-0.39, 0.29) is 24.4 Å². The fraction of sp³-hybridized carbons (Fsp3) is 0.421. The molecule has 1 atom stereocenters. The van der Waals surface area contributed by atoms with Crippen LogP contribution in [0.25, 0.3) is 0 Å². The average Bonchev–Trinajstić information content (AvgIpc) is 3.35. The number of anilines is 1. The number of carbonyl (C=O) groups is 3. The Kier molecular flexibility index (Phi) is 3.71. The fourth-order valence-electron chi connectivity index (χ4n) is 3.95. The molecule has 5 rings (SSSR count). The molecule has 0 spiro atoms. The summed E-state index contributed by atoms with van der Waals surface area (Å²) < 4.78 is 2.19. The van der Waals surface area contributed by atoms with Gasteiger partial charge in [-0.2, -0.15) is 0 Å². The van der Waals surface area contributed by atoms with Crippen LogP contribution >= 0.6 is 0 Å². The lowest BCUT2D eigenvalue weighted by atomic mass is 10.1. The molecule has 0 unspecified atom stereocenters. The Morgan fingerprint density at radius 3 is 2.50 bits per heavy atom. The number of carbonyl (C=O) groups excluding carboxylic acids is 3. The minimum atomic E-state index is -0.445. The van der Waals surface area contributed by atoms with Crippen molar-refractivity contribution in [3.63, 3.8) is 0 Å². The third-order valence-electron chi connectivity index (χ3n) is 5.50. The summed E-state index contributed by atoms with van der Waals surface area (Å²) in [5, 5.41) is 10.9. The van der Waals surface area contributed by atoms with Gasteiger partial charge in [-0.05, 0) is 44.0 Å². The number of hydrogen-bond acceptors (Lipinski definition) is 5. The lowest BCUT2D eigenvalue weighted by Gasteiger charge is -2.32. The maximum absolute atomic E-state index is 13.0. The number of benzene rings is 1. The number of nitrogens with one attached hydrogen (secondary N) is 1. The van der Waals surface area contributed by atoms with Gasteiger partial charge in [0.15, 0.2) is 5.82 Å². The lowest BCUT2D eigenvalue weighted by molar-refractivity contribution is -0.117. The van der Waals surface area contributed by atoms with Gasteiger partial charge in [0.2, 0.25) is 5.91 Å². The summed E-state index contributed by atoms with van der Waals surface area (Å²) in [5.41, 5.74) is 1.12. The zero-order valence-corrected chi connectivity index (χ0v) is 15.5. The van der Waals surface area contributed by atoms with Crippen molar-refractivity contribution < 1.29 is 14.4 Å². The van der Waals surface area contributed by atoms with Crippen molar-refractivity contribution in [2.45, 2.75) is 38.3 Å². The van der Waals surface area contributed by atoms with Gasteiger partial charge in [-0.3, -0.25) is 19.8 Å². The van der Waals surface area contributed by atoms with Crippen LogP contribution in [0.1, 0.15) is 53.7 Å². The molecule has 28 heavy (non-hydrogen) atoms. The third kappa shape index (κ3) is 2.74. The molecule has 144 valence electrons. The Labute approximate surface area is 161 Å². The highest BCUT2D eigenvalue weighted by atomic mass is 16.2. The van der Waals surface area contributed by atoms with Crippen LogP contribution in [-0.2, 0) is 11.3 Å². The van der Waals surface area contributed by atoms with Crippen molar-refractivity contribution >= 4 is 23.5 Å². The second-order valence-electron chi connectivity index (χ2n) is 7.64. The van der Waals surface area contributed by atoms with Crippen molar-refractivity contribution in [3.05, 3.63) is 41.5 Å². The van der Waals surface area contributed by atoms with E-state index in [9.17, 15) is 14.4 Å². The van der Waals surface area contributed by atoms with Crippen molar-refractivity contribution in [3.8, 4) is 0 Å². The van der Waals surface area contributed by atoms with Crippen LogP contribution < -0.4 is 10.2 Å². The molecule has 0 radical (unpaired) electrons. The van der Waals surface area contributed by atoms with Gasteiger partial charge in [-0.15, -0.1) is 10.2 Å². The van der Waals surface area contributed by atoms with Gasteiger partial charge in [0.05, 0.1) is 12.6 Å². The minimum absolute atomic E-state index is 0.00521. The van der Waals surface area contributed by atoms with Crippen molar-refractivity contribution in [1.82, 2.24) is 25.0 Å².